The third-order valence-electron chi connectivity index (χ3n) is 5.67. The topological polar surface area (TPSA) is 18.5 Å². The lowest BCUT2D eigenvalue weighted by Crippen LogP contribution is -2.41. The van der Waals surface area contributed by atoms with Crippen LogP contribution in [0.15, 0.2) is 0 Å². The van der Waals surface area contributed by atoms with E-state index in [-0.39, 0.29) is 11.2 Å². The summed E-state index contributed by atoms with van der Waals surface area (Å²) in [5.41, 5.74) is 0.268. The maximum absolute atomic E-state index is 6.36. The van der Waals surface area contributed by atoms with Gasteiger partial charge in [0.15, 0.2) is 0 Å². The van der Waals surface area contributed by atoms with E-state index in [0.717, 1.165) is 0 Å². The quantitative estimate of drug-likeness (QED) is 0.566. The van der Waals surface area contributed by atoms with Gasteiger partial charge in [0.2, 0.25) is 0 Å². The van der Waals surface area contributed by atoms with Crippen LogP contribution >= 0.6 is 0 Å². The summed E-state index contributed by atoms with van der Waals surface area (Å²) in [5, 5.41) is 0. The van der Waals surface area contributed by atoms with Crippen molar-refractivity contribution in [2.75, 3.05) is 0 Å². The van der Waals surface area contributed by atoms with Crippen molar-refractivity contribution in [3.63, 3.8) is 0 Å². The summed E-state index contributed by atoms with van der Waals surface area (Å²) in [6, 6.07) is 0. The second kappa shape index (κ2) is 8.57. The highest BCUT2D eigenvalue weighted by molar-refractivity contribution is 6.18. The first-order valence-corrected chi connectivity index (χ1v) is 9.52. The normalized spacial score (nSPS) is 24.7. The van der Waals surface area contributed by atoms with Gasteiger partial charge in [-0.1, -0.05) is 65.2 Å². The van der Waals surface area contributed by atoms with Gasteiger partial charge in [-0.05, 0) is 38.5 Å². The Hall–Kier alpha value is -0.0151. The van der Waals surface area contributed by atoms with Gasteiger partial charge in [0.1, 0.15) is 0 Å². The van der Waals surface area contributed by atoms with Gasteiger partial charge >= 0.3 is 7.69 Å². The van der Waals surface area contributed by atoms with Crippen molar-refractivity contribution in [1.82, 2.24) is 0 Å². The van der Waals surface area contributed by atoms with Crippen LogP contribution in [0.2, 0.25) is 0 Å². The van der Waals surface area contributed by atoms with Crippen LogP contribution in [0, 0.1) is 0 Å². The largest absolute Gasteiger partial charge is 0.438 e. The van der Waals surface area contributed by atoms with E-state index in [1.54, 1.807) is 0 Å². The van der Waals surface area contributed by atoms with Gasteiger partial charge in [0.25, 0.3) is 0 Å². The fourth-order valence-electron chi connectivity index (χ4n) is 4.52. The molecule has 2 saturated carbocycles. The minimum Gasteiger partial charge on any atom is -0.408 e. The summed E-state index contributed by atoms with van der Waals surface area (Å²) in [5.74, 6) is 0. The second-order valence-electron chi connectivity index (χ2n) is 7.39. The first-order chi connectivity index (χ1) is 10.2. The Bertz CT molecular complexity index is 242. The molecule has 2 fully saturated rings. The van der Waals surface area contributed by atoms with Crippen LogP contribution in [-0.4, -0.2) is 18.9 Å². The predicted octanol–water partition coefficient (Wildman–Crippen LogP) is 5.29. The number of rotatable bonds is 8. The Morgan fingerprint density at radius 2 is 1.05 bits per heavy atom. The lowest BCUT2D eigenvalue weighted by atomic mass is 9.80. The molecule has 0 aromatic carbocycles. The molecule has 0 heterocycles. The molecule has 0 aromatic rings. The zero-order chi connectivity index (χ0) is 15.0. The Labute approximate surface area is 132 Å². The lowest BCUT2D eigenvalue weighted by molar-refractivity contribution is -0.0399. The van der Waals surface area contributed by atoms with E-state index in [9.17, 15) is 0 Å². The third-order valence-corrected chi connectivity index (χ3v) is 5.67. The van der Waals surface area contributed by atoms with Gasteiger partial charge in [0, 0.05) is 0 Å². The van der Waals surface area contributed by atoms with E-state index in [2.05, 4.69) is 13.8 Å². The van der Waals surface area contributed by atoms with Gasteiger partial charge < -0.3 is 9.31 Å². The van der Waals surface area contributed by atoms with Crippen molar-refractivity contribution < 1.29 is 9.31 Å². The van der Waals surface area contributed by atoms with Crippen LogP contribution in [0.4, 0.5) is 0 Å². The van der Waals surface area contributed by atoms with Gasteiger partial charge in [-0.25, -0.2) is 0 Å². The van der Waals surface area contributed by atoms with Crippen LogP contribution in [-0.2, 0) is 9.31 Å². The number of hydrogen-bond acceptors (Lipinski definition) is 2. The molecule has 21 heavy (non-hydrogen) atoms. The molecular formula is C18H35BO2. The molecule has 0 radical (unpaired) electrons. The smallest absolute Gasteiger partial charge is 0.408 e. The SMILES string of the molecule is CCCC1(OBOC2(CCC)CCCCC2)CCCCC1. The van der Waals surface area contributed by atoms with Crippen molar-refractivity contribution in [1.29, 1.82) is 0 Å². The highest BCUT2D eigenvalue weighted by Gasteiger charge is 2.35. The molecule has 0 atom stereocenters. The fraction of sp³-hybridized carbons (Fsp3) is 1.00. The Morgan fingerprint density at radius 3 is 1.38 bits per heavy atom. The molecule has 0 aromatic heterocycles. The third kappa shape index (κ3) is 4.99. The minimum atomic E-state index is 0.134. The van der Waals surface area contributed by atoms with E-state index >= 15 is 0 Å². The Kier molecular flexibility index (Phi) is 7.08. The maximum atomic E-state index is 6.36. The zero-order valence-corrected chi connectivity index (χ0v) is 14.4. The molecule has 2 nitrogen and oxygen atoms in total. The van der Waals surface area contributed by atoms with E-state index in [0.29, 0.717) is 7.69 Å². The van der Waals surface area contributed by atoms with Crippen LogP contribution in [0.3, 0.4) is 0 Å². The summed E-state index contributed by atoms with van der Waals surface area (Å²) in [6.07, 6.45) is 17.9. The van der Waals surface area contributed by atoms with Gasteiger partial charge in [-0.15, -0.1) is 0 Å². The van der Waals surface area contributed by atoms with Crippen LogP contribution in [0.25, 0.3) is 0 Å². The van der Waals surface area contributed by atoms with E-state index in [1.165, 1.54) is 89.9 Å². The summed E-state index contributed by atoms with van der Waals surface area (Å²) in [6.45, 7) is 4.56. The summed E-state index contributed by atoms with van der Waals surface area (Å²) >= 11 is 0. The number of hydrogen-bond donors (Lipinski definition) is 0. The average molecular weight is 294 g/mol. The molecule has 0 bridgehead atoms. The van der Waals surface area contributed by atoms with Gasteiger partial charge in [-0.3, -0.25) is 0 Å². The van der Waals surface area contributed by atoms with Crippen LogP contribution in [0.5, 0.6) is 0 Å². The molecular weight excluding hydrogens is 259 g/mol. The van der Waals surface area contributed by atoms with Crippen molar-refractivity contribution in [2.45, 2.75) is 115 Å². The van der Waals surface area contributed by atoms with Crippen LogP contribution in [0.1, 0.15) is 104 Å². The zero-order valence-electron chi connectivity index (χ0n) is 14.4. The molecule has 2 aliphatic rings. The molecule has 3 heteroatoms. The maximum Gasteiger partial charge on any atom is 0.438 e. The van der Waals surface area contributed by atoms with Crippen molar-refractivity contribution in [3.8, 4) is 0 Å². The summed E-state index contributed by atoms with van der Waals surface area (Å²) in [7, 11) is 0.528. The van der Waals surface area contributed by atoms with Gasteiger partial charge in [-0.2, -0.15) is 0 Å². The van der Waals surface area contributed by atoms with Crippen molar-refractivity contribution in [3.05, 3.63) is 0 Å². The molecule has 0 unspecified atom stereocenters. The molecule has 2 aliphatic carbocycles. The second-order valence-corrected chi connectivity index (χ2v) is 7.39. The van der Waals surface area contributed by atoms with Crippen LogP contribution < -0.4 is 0 Å². The van der Waals surface area contributed by atoms with E-state index < -0.39 is 0 Å². The average Bonchev–Trinajstić information content (AvgIpc) is 2.50. The standard InChI is InChI=1S/C18H35BO2/c1-3-11-17(13-7-5-8-14-17)20-19-21-18(12-4-2)15-9-6-10-16-18/h19H,3-16H2,1-2H3. The Balaban J connectivity index is 1.84. The molecule has 0 amide bonds. The highest BCUT2D eigenvalue weighted by Crippen LogP contribution is 2.38. The minimum absolute atomic E-state index is 0.134. The van der Waals surface area contributed by atoms with Gasteiger partial charge in [0.05, 0.1) is 11.2 Å². The van der Waals surface area contributed by atoms with Crippen molar-refractivity contribution >= 4 is 7.69 Å². The molecule has 0 N–H and O–H groups in total. The molecule has 0 saturated heterocycles. The first-order valence-electron chi connectivity index (χ1n) is 9.52. The highest BCUT2D eigenvalue weighted by atomic mass is 16.6. The monoisotopic (exact) mass is 294 g/mol. The first kappa shape index (κ1) is 17.3. The summed E-state index contributed by atoms with van der Waals surface area (Å²) in [4.78, 5) is 0. The molecule has 122 valence electrons. The van der Waals surface area contributed by atoms with Crippen molar-refractivity contribution in [2.24, 2.45) is 0 Å². The fourth-order valence-corrected chi connectivity index (χ4v) is 4.52. The Morgan fingerprint density at radius 1 is 0.667 bits per heavy atom. The molecule has 2 rings (SSSR count). The summed E-state index contributed by atoms with van der Waals surface area (Å²) < 4.78 is 12.7. The van der Waals surface area contributed by atoms with E-state index in [4.69, 9.17) is 9.31 Å². The lowest BCUT2D eigenvalue weighted by Gasteiger charge is -2.41. The molecule has 0 aliphatic heterocycles. The van der Waals surface area contributed by atoms with E-state index in [1.807, 2.05) is 0 Å². The molecule has 0 spiro atoms. The predicted molar refractivity (Wildman–Crippen MR) is 90.8 cm³/mol.